The molecule has 6 nitrogen and oxygen atoms in total. The third kappa shape index (κ3) is 1.91. The predicted molar refractivity (Wildman–Crippen MR) is 75.9 cm³/mol. The second-order valence-corrected chi connectivity index (χ2v) is 4.24. The van der Waals surface area contributed by atoms with Crippen molar-refractivity contribution >= 4 is 11.5 Å². The summed E-state index contributed by atoms with van der Waals surface area (Å²) in [5.74, 6) is 1.74. The lowest BCUT2D eigenvalue weighted by molar-refractivity contribution is 0.355. The van der Waals surface area contributed by atoms with Gasteiger partial charge in [0.05, 0.1) is 19.9 Å². The number of methoxy groups -OCH3 is 2. The van der Waals surface area contributed by atoms with Crippen LogP contribution in [0.25, 0.3) is 16.9 Å². The molecule has 2 heterocycles. The molecular formula is C14H14N4O2. The van der Waals surface area contributed by atoms with Gasteiger partial charge in [-0.1, -0.05) is 0 Å². The van der Waals surface area contributed by atoms with Crippen LogP contribution in [0.5, 0.6) is 11.5 Å². The van der Waals surface area contributed by atoms with Gasteiger partial charge in [0.25, 0.3) is 0 Å². The number of nitrogens with two attached hydrogens (primary N) is 1. The van der Waals surface area contributed by atoms with Crippen LogP contribution in [0.4, 0.5) is 5.82 Å². The van der Waals surface area contributed by atoms with Crippen molar-refractivity contribution < 1.29 is 9.47 Å². The van der Waals surface area contributed by atoms with Crippen LogP contribution in [0, 0.1) is 0 Å². The van der Waals surface area contributed by atoms with E-state index in [-0.39, 0.29) is 0 Å². The molecule has 0 aliphatic rings. The van der Waals surface area contributed by atoms with Crippen molar-refractivity contribution in [3.8, 4) is 22.8 Å². The van der Waals surface area contributed by atoms with Gasteiger partial charge in [0.15, 0.2) is 23.0 Å². The molecule has 102 valence electrons. The van der Waals surface area contributed by atoms with Crippen LogP contribution in [-0.4, -0.2) is 28.6 Å². The quantitative estimate of drug-likeness (QED) is 0.787. The van der Waals surface area contributed by atoms with Gasteiger partial charge in [0, 0.05) is 24.2 Å². The number of benzene rings is 1. The van der Waals surface area contributed by atoms with Crippen LogP contribution < -0.4 is 15.2 Å². The molecule has 1 aromatic carbocycles. The number of rotatable bonds is 3. The highest BCUT2D eigenvalue weighted by Crippen LogP contribution is 2.32. The lowest BCUT2D eigenvalue weighted by Crippen LogP contribution is -1.94. The van der Waals surface area contributed by atoms with Gasteiger partial charge in [0.2, 0.25) is 0 Å². The second-order valence-electron chi connectivity index (χ2n) is 4.24. The van der Waals surface area contributed by atoms with E-state index in [1.54, 1.807) is 20.4 Å². The number of hydrogen-bond acceptors (Lipinski definition) is 5. The molecule has 0 bridgehead atoms. The van der Waals surface area contributed by atoms with Gasteiger partial charge >= 0.3 is 0 Å². The molecule has 2 aromatic heterocycles. The van der Waals surface area contributed by atoms with E-state index in [1.807, 2.05) is 35.0 Å². The SMILES string of the molecule is COc1ccc(-c2cn3ccnc(N)c3n2)cc1OC. The molecule has 3 aromatic rings. The van der Waals surface area contributed by atoms with E-state index in [0.717, 1.165) is 11.3 Å². The highest BCUT2D eigenvalue weighted by molar-refractivity contribution is 5.70. The smallest absolute Gasteiger partial charge is 0.180 e. The summed E-state index contributed by atoms with van der Waals surface area (Å²) in [5.41, 5.74) is 8.17. The minimum absolute atomic E-state index is 0.402. The zero-order valence-electron chi connectivity index (χ0n) is 11.2. The van der Waals surface area contributed by atoms with Crippen LogP contribution >= 0.6 is 0 Å². The largest absolute Gasteiger partial charge is 0.493 e. The molecule has 0 spiro atoms. The summed E-state index contributed by atoms with van der Waals surface area (Å²) < 4.78 is 12.4. The highest BCUT2D eigenvalue weighted by Gasteiger charge is 2.10. The van der Waals surface area contributed by atoms with Crippen molar-refractivity contribution in [2.24, 2.45) is 0 Å². The molecule has 0 saturated heterocycles. The number of hydrogen-bond donors (Lipinski definition) is 1. The molecule has 0 aliphatic heterocycles. The minimum atomic E-state index is 0.402. The van der Waals surface area contributed by atoms with Crippen LogP contribution in [0.3, 0.4) is 0 Å². The zero-order chi connectivity index (χ0) is 14.1. The first-order chi connectivity index (χ1) is 9.72. The first-order valence-electron chi connectivity index (χ1n) is 6.04. The summed E-state index contributed by atoms with van der Waals surface area (Å²) >= 11 is 0. The van der Waals surface area contributed by atoms with E-state index in [0.29, 0.717) is 23.0 Å². The number of imidazole rings is 1. The Kier molecular flexibility index (Phi) is 2.90. The van der Waals surface area contributed by atoms with Crippen LogP contribution in [0.2, 0.25) is 0 Å². The molecule has 3 rings (SSSR count). The Morgan fingerprint density at radius 2 is 1.95 bits per heavy atom. The Morgan fingerprint density at radius 3 is 2.65 bits per heavy atom. The summed E-state index contributed by atoms with van der Waals surface area (Å²) in [6, 6.07) is 5.65. The number of fused-ring (bicyclic) bond motifs is 1. The maximum Gasteiger partial charge on any atom is 0.180 e. The first-order valence-corrected chi connectivity index (χ1v) is 6.04. The van der Waals surface area contributed by atoms with Gasteiger partial charge in [-0.3, -0.25) is 0 Å². The van der Waals surface area contributed by atoms with E-state index < -0.39 is 0 Å². The molecule has 6 heteroatoms. The maximum atomic E-state index is 5.81. The molecule has 0 aliphatic carbocycles. The van der Waals surface area contributed by atoms with Crippen molar-refractivity contribution in [3.05, 3.63) is 36.8 Å². The zero-order valence-corrected chi connectivity index (χ0v) is 11.2. The van der Waals surface area contributed by atoms with Gasteiger partial charge in [0.1, 0.15) is 0 Å². The van der Waals surface area contributed by atoms with E-state index in [4.69, 9.17) is 15.2 Å². The average Bonchev–Trinajstić information content (AvgIpc) is 2.92. The molecule has 0 fully saturated rings. The number of ether oxygens (including phenoxy) is 2. The van der Waals surface area contributed by atoms with Gasteiger partial charge in [-0.05, 0) is 18.2 Å². The molecular weight excluding hydrogens is 256 g/mol. The van der Waals surface area contributed by atoms with Crippen molar-refractivity contribution in [3.63, 3.8) is 0 Å². The Morgan fingerprint density at radius 1 is 1.15 bits per heavy atom. The fourth-order valence-corrected chi connectivity index (χ4v) is 2.07. The second kappa shape index (κ2) is 4.73. The summed E-state index contributed by atoms with van der Waals surface area (Å²) in [6.45, 7) is 0. The number of anilines is 1. The Bertz CT molecular complexity index is 767. The Labute approximate surface area is 115 Å². The van der Waals surface area contributed by atoms with Gasteiger partial charge in [-0.15, -0.1) is 0 Å². The molecule has 0 saturated carbocycles. The molecule has 2 N–H and O–H groups in total. The fourth-order valence-electron chi connectivity index (χ4n) is 2.07. The topological polar surface area (TPSA) is 74.7 Å². The van der Waals surface area contributed by atoms with Crippen LogP contribution in [0.1, 0.15) is 0 Å². The first kappa shape index (κ1) is 12.3. The summed E-state index contributed by atoms with van der Waals surface area (Å²) in [7, 11) is 3.21. The van der Waals surface area contributed by atoms with Gasteiger partial charge in [-0.25, -0.2) is 9.97 Å². The van der Waals surface area contributed by atoms with E-state index in [2.05, 4.69) is 9.97 Å². The Hall–Kier alpha value is -2.76. The van der Waals surface area contributed by atoms with Crippen molar-refractivity contribution in [1.82, 2.24) is 14.4 Å². The minimum Gasteiger partial charge on any atom is -0.493 e. The monoisotopic (exact) mass is 270 g/mol. The summed E-state index contributed by atoms with van der Waals surface area (Å²) in [5, 5.41) is 0. The van der Waals surface area contributed by atoms with Gasteiger partial charge < -0.3 is 19.6 Å². The maximum absolute atomic E-state index is 5.81. The highest BCUT2D eigenvalue weighted by atomic mass is 16.5. The lowest BCUT2D eigenvalue weighted by atomic mass is 10.1. The Balaban J connectivity index is 2.13. The van der Waals surface area contributed by atoms with Crippen LogP contribution in [0.15, 0.2) is 36.8 Å². The standard InChI is InChI=1S/C14H14N4O2/c1-19-11-4-3-9(7-12(11)20-2)10-8-18-6-5-16-13(15)14(18)17-10/h3-8H,1-2H3,(H2,15,16). The normalized spacial score (nSPS) is 10.7. The lowest BCUT2D eigenvalue weighted by Gasteiger charge is -2.08. The van der Waals surface area contributed by atoms with Crippen molar-refractivity contribution in [2.75, 3.05) is 20.0 Å². The third-order valence-corrected chi connectivity index (χ3v) is 3.08. The summed E-state index contributed by atoms with van der Waals surface area (Å²) in [4.78, 5) is 8.52. The van der Waals surface area contributed by atoms with E-state index in [9.17, 15) is 0 Å². The molecule has 0 radical (unpaired) electrons. The third-order valence-electron chi connectivity index (χ3n) is 3.08. The summed E-state index contributed by atoms with van der Waals surface area (Å²) in [6.07, 6.45) is 5.35. The van der Waals surface area contributed by atoms with Crippen molar-refractivity contribution in [1.29, 1.82) is 0 Å². The number of nitrogens with zero attached hydrogens (tertiary/aromatic N) is 3. The number of nitrogen functional groups attached to an aromatic ring is 1. The fraction of sp³-hybridized carbons (Fsp3) is 0.143. The van der Waals surface area contributed by atoms with Crippen LogP contribution in [-0.2, 0) is 0 Å². The molecule has 0 amide bonds. The number of aromatic nitrogens is 3. The molecule has 20 heavy (non-hydrogen) atoms. The average molecular weight is 270 g/mol. The van der Waals surface area contributed by atoms with Gasteiger partial charge in [-0.2, -0.15) is 0 Å². The van der Waals surface area contributed by atoms with Crippen molar-refractivity contribution in [2.45, 2.75) is 0 Å². The predicted octanol–water partition coefficient (Wildman–Crippen LogP) is 2.00. The van der Waals surface area contributed by atoms with E-state index in [1.165, 1.54) is 0 Å². The molecule has 0 atom stereocenters. The molecule has 0 unspecified atom stereocenters. The van der Waals surface area contributed by atoms with E-state index >= 15 is 0 Å².